The molecule has 1 amide bonds. The van der Waals surface area contributed by atoms with Crippen LogP contribution in [0.2, 0.25) is 0 Å². The van der Waals surface area contributed by atoms with E-state index < -0.39 is 6.04 Å². The summed E-state index contributed by atoms with van der Waals surface area (Å²) >= 11 is 0. The van der Waals surface area contributed by atoms with Crippen LogP contribution in [-0.2, 0) is 9.53 Å². The van der Waals surface area contributed by atoms with Gasteiger partial charge < -0.3 is 4.74 Å². The van der Waals surface area contributed by atoms with Gasteiger partial charge in [-0.1, -0.05) is 0 Å². The summed E-state index contributed by atoms with van der Waals surface area (Å²) in [5.74, 6) is 5.98. The topological polar surface area (TPSA) is 95.1 Å². The summed E-state index contributed by atoms with van der Waals surface area (Å²) < 4.78 is 6.44. The Bertz CT molecular complexity index is 349. The van der Waals surface area contributed by atoms with Crippen molar-refractivity contribution < 1.29 is 9.53 Å². The third-order valence-electron chi connectivity index (χ3n) is 1.97. The lowest BCUT2D eigenvalue weighted by Crippen LogP contribution is -2.39. The first-order valence-corrected chi connectivity index (χ1v) is 4.49. The molecule has 1 unspecified atom stereocenters. The molecule has 7 heteroatoms. The van der Waals surface area contributed by atoms with Crippen LogP contribution in [0, 0.1) is 13.8 Å². The minimum atomic E-state index is -0.582. The van der Waals surface area contributed by atoms with E-state index in [9.17, 15) is 4.79 Å². The number of nitrogens with two attached hydrogens (primary N) is 1. The number of rotatable bonds is 4. The first-order valence-electron chi connectivity index (χ1n) is 4.49. The Labute approximate surface area is 87.6 Å². The van der Waals surface area contributed by atoms with Gasteiger partial charge in [0.25, 0.3) is 5.91 Å². The van der Waals surface area contributed by atoms with Crippen LogP contribution in [0.1, 0.15) is 17.7 Å². The molecule has 3 N–H and O–H groups in total. The monoisotopic (exact) mass is 213 g/mol. The number of hydrogen-bond acceptors (Lipinski definition) is 5. The third-order valence-corrected chi connectivity index (χ3v) is 1.97. The maximum atomic E-state index is 11.5. The molecule has 0 aliphatic rings. The Hall–Kier alpha value is -1.47. The fraction of sp³-hybridized carbons (Fsp3) is 0.625. The zero-order valence-electron chi connectivity index (χ0n) is 9.02. The van der Waals surface area contributed by atoms with E-state index in [2.05, 4.69) is 15.5 Å². The maximum absolute atomic E-state index is 11.5. The molecule has 84 valence electrons. The molecule has 0 saturated heterocycles. The van der Waals surface area contributed by atoms with Crippen LogP contribution in [0.3, 0.4) is 0 Å². The molecule has 7 nitrogen and oxygen atoms in total. The zero-order valence-corrected chi connectivity index (χ0v) is 9.02. The molecular weight excluding hydrogens is 198 g/mol. The molecule has 0 aliphatic carbocycles. The largest absolute Gasteiger partial charge is 0.382 e. The minimum absolute atomic E-state index is 0.201. The predicted octanol–water partition coefficient (Wildman–Crippen LogP) is -0.928. The zero-order chi connectivity index (χ0) is 11.4. The molecule has 0 aliphatic heterocycles. The second-order valence-electron chi connectivity index (χ2n) is 3.13. The Morgan fingerprint density at radius 1 is 1.67 bits per heavy atom. The normalized spacial score (nSPS) is 12.5. The van der Waals surface area contributed by atoms with E-state index in [1.165, 1.54) is 11.8 Å². The van der Waals surface area contributed by atoms with Gasteiger partial charge in [-0.05, 0) is 13.8 Å². The molecule has 1 aromatic rings. The van der Waals surface area contributed by atoms with Gasteiger partial charge in [0.2, 0.25) is 0 Å². The predicted molar refractivity (Wildman–Crippen MR) is 52.7 cm³/mol. The highest BCUT2D eigenvalue weighted by Crippen LogP contribution is 2.08. The van der Waals surface area contributed by atoms with Crippen LogP contribution in [0.4, 0.5) is 0 Å². The van der Waals surface area contributed by atoms with E-state index in [0.29, 0.717) is 11.6 Å². The standard InChI is InChI=1S/C8H15N5O2/c1-5-10-6(2)13(12-5)7(4-15-3)8(14)11-9/h7H,4,9H2,1-3H3,(H,11,14). The van der Waals surface area contributed by atoms with Crippen LogP contribution in [0.25, 0.3) is 0 Å². The first kappa shape index (κ1) is 11.6. The summed E-state index contributed by atoms with van der Waals surface area (Å²) in [5.41, 5.74) is 2.08. The average Bonchev–Trinajstić information content (AvgIpc) is 2.53. The highest BCUT2D eigenvalue weighted by atomic mass is 16.5. The number of carbonyl (C=O) groups is 1. The van der Waals surface area contributed by atoms with E-state index >= 15 is 0 Å². The van der Waals surface area contributed by atoms with Gasteiger partial charge in [-0.3, -0.25) is 10.2 Å². The van der Waals surface area contributed by atoms with Crippen LogP contribution < -0.4 is 11.3 Å². The van der Waals surface area contributed by atoms with E-state index in [1.807, 2.05) is 0 Å². The van der Waals surface area contributed by atoms with E-state index in [1.54, 1.807) is 13.8 Å². The van der Waals surface area contributed by atoms with Crippen molar-refractivity contribution in [2.75, 3.05) is 13.7 Å². The van der Waals surface area contributed by atoms with Gasteiger partial charge in [0, 0.05) is 7.11 Å². The maximum Gasteiger partial charge on any atom is 0.261 e. The number of carbonyl (C=O) groups excluding carboxylic acids is 1. The number of nitrogens with one attached hydrogen (secondary N) is 1. The Balaban J connectivity index is 2.98. The summed E-state index contributed by atoms with van der Waals surface area (Å²) in [7, 11) is 1.51. The van der Waals surface area contributed by atoms with Crippen LogP contribution in [-0.4, -0.2) is 34.4 Å². The van der Waals surface area contributed by atoms with Crippen molar-refractivity contribution in [1.29, 1.82) is 0 Å². The molecule has 1 heterocycles. The molecule has 0 bridgehead atoms. The third kappa shape index (κ3) is 2.51. The molecule has 0 saturated carbocycles. The number of aryl methyl sites for hydroxylation is 2. The number of methoxy groups -OCH3 is 1. The van der Waals surface area contributed by atoms with Crippen molar-refractivity contribution >= 4 is 5.91 Å². The first-order chi connectivity index (χ1) is 7.10. The molecule has 1 aromatic heterocycles. The Morgan fingerprint density at radius 2 is 2.33 bits per heavy atom. The van der Waals surface area contributed by atoms with E-state index in [0.717, 1.165) is 0 Å². The SMILES string of the molecule is COCC(C(=O)NN)n1nc(C)nc1C. The van der Waals surface area contributed by atoms with Gasteiger partial charge >= 0.3 is 0 Å². The number of hydrogen-bond donors (Lipinski definition) is 2. The lowest BCUT2D eigenvalue weighted by molar-refractivity contribution is -0.126. The average molecular weight is 213 g/mol. The van der Waals surface area contributed by atoms with E-state index in [4.69, 9.17) is 10.6 Å². The minimum Gasteiger partial charge on any atom is -0.382 e. The van der Waals surface area contributed by atoms with Crippen molar-refractivity contribution in [2.45, 2.75) is 19.9 Å². The van der Waals surface area contributed by atoms with Crippen molar-refractivity contribution in [3.63, 3.8) is 0 Å². The smallest absolute Gasteiger partial charge is 0.261 e. The molecule has 0 aromatic carbocycles. The lowest BCUT2D eigenvalue weighted by Gasteiger charge is -2.15. The van der Waals surface area contributed by atoms with Gasteiger partial charge in [0.05, 0.1) is 6.61 Å². The molecule has 1 rings (SSSR count). The summed E-state index contributed by atoms with van der Waals surface area (Å²) in [6, 6.07) is -0.582. The Kier molecular flexibility index (Phi) is 3.75. The molecule has 15 heavy (non-hydrogen) atoms. The summed E-state index contributed by atoms with van der Waals surface area (Å²) in [6.07, 6.45) is 0. The van der Waals surface area contributed by atoms with Crippen molar-refractivity contribution in [3.05, 3.63) is 11.6 Å². The highest BCUT2D eigenvalue weighted by Gasteiger charge is 2.22. The lowest BCUT2D eigenvalue weighted by atomic mass is 10.3. The summed E-state index contributed by atoms with van der Waals surface area (Å²) in [6.45, 7) is 3.73. The number of nitrogens with zero attached hydrogens (tertiary/aromatic N) is 3. The quantitative estimate of drug-likeness (QED) is 0.383. The number of ether oxygens (including phenoxy) is 1. The van der Waals surface area contributed by atoms with Crippen molar-refractivity contribution in [1.82, 2.24) is 20.2 Å². The highest BCUT2D eigenvalue weighted by molar-refractivity contribution is 5.79. The van der Waals surface area contributed by atoms with Crippen LogP contribution in [0.15, 0.2) is 0 Å². The van der Waals surface area contributed by atoms with Crippen molar-refractivity contribution in [2.24, 2.45) is 5.84 Å². The summed E-state index contributed by atoms with van der Waals surface area (Å²) in [5, 5.41) is 4.11. The second-order valence-corrected chi connectivity index (χ2v) is 3.13. The van der Waals surface area contributed by atoms with Gasteiger partial charge in [-0.25, -0.2) is 15.5 Å². The molecular formula is C8H15N5O2. The molecule has 0 spiro atoms. The van der Waals surface area contributed by atoms with Gasteiger partial charge in [-0.15, -0.1) is 0 Å². The number of amides is 1. The van der Waals surface area contributed by atoms with Gasteiger partial charge in [0.1, 0.15) is 11.6 Å². The number of aromatic nitrogens is 3. The Morgan fingerprint density at radius 3 is 2.73 bits per heavy atom. The van der Waals surface area contributed by atoms with Crippen LogP contribution in [0.5, 0.6) is 0 Å². The van der Waals surface area contributed by atoms with E-state index in [-0.39, 0.29) is 12.5 Å². The molecule has 0 fully saturated rings. The fourth-order valence-electron chi connectivity index (χ4n) is 1.34. The summed E-state index contributed by atoms with van der Waals surface area (Å²) in [4.78, 5) is 15.6. The van der Waals surface area contributed by atoms with Gasteiger partial charge in [-0.2, -0.15) is 5.10 Å². The van der Waals surface area contributed by atoms with Gasteiger partial charge in [0.15, 0.2) is 6.04 Å². The molecule has 0 radical (unpaired) electrons. The fourth-order valence-corrected chi connectivity index (χ4v) is 1.34. The van der Waals surface area contributed by atoms with Crippen LogP contribution >= 0.6 is 0 Å². The second kappa shape index (κ2) is 4.85. The number of hydrazine groups is 1. The molecule has 1 atom stereocenters. The van der Waals surface area contributed by atoms with Crippen molar-refractivity contribution in [3.8, 4) is 0 Å².